The summed E-state index contributed by atoms with van der Waals surface area (Å²) in [6.07, 6.45) is 0.966. The van der Waals surface area contributed by atoms with Gasteiger partial charge in [0.15, 0.2) is 0 Å². The van der Waals surface area contributed by atoms with Gasteiger partial charge in [-0.05, 0) is 42.3 Å². The van der Waals surface area contributed by atoms with Gasteiger partial charge < -0.3 is 10.6 Å². The number of urea groups is 1. The Morgan fingerprint density at radius 3 is 2.05 bits per heavy atom. The summed E-state index contributed by atoms with van der Waals surface area (Å²) in [6.45, 7) is 2.08. The van der Waals surface area contributed by atoms with E-state index in [9.17, 15) is 4.79 Å². The van der Waals surface area contributed by atoms with Crippen molar-refractivity contribution in [2.45, 2.75) is 13.3 Å². The standard InChI is InChI=1S/C15H14Cl2N2O/c1-2-10-3-5-13(6-4-10)18-15(20)19-14-8-11(16)7-12(17)9-14/h3-9H,2H2,1H3,(H2,18,19,20). The van der Waals surface area contributed by atoms with Crippen LogP contribution in [0.3, 0.4) is 0 Å². The van der Waals surface area contributed by atoms with Gasteiger partial charge in [0.2, 0.25) is 0 Å². The van der Waals surface area contributed by atoms with Crippen molar-refractivity contribution in [2.75, 3.05) is 10.6 Å². The van der Waals surface area contributed by atoms with E-state index >= 15 is 0 Å². The molecule has 0 radical (unpaired) electrons. The number of carbonyl (C=O) groups is 1. The van der Waals surface area contributed by atoms with Crippen molar-refractivity contribution in [2.24, 2.45) is 0 Å². The number of nitrogens with one attached hydrogen (secondary N) is 2. The van der Waals surface area contributed by atoms with Gasteiger partial charge in [-0.1, -0.05) is 42.3 Å². The van der Waals surface area contributed by atoms with Crippen molar-refractivity contribution in [1.82, 2.24) is 0 Å². The number of carbonyl (C=O) groups excluding carboxylic acids is 1. The van der Waals surface area contributed by atoms with E-state index < -0.39 is 0 Å². The first-order valence-electron chi connectivity index (χ1n) is 6.20. The lowest BCUT2D eigenvalue weighted by molar-refractivity contribution is 0.262. The molecule has 0 aromatic heterocycles. The van der Waals surface area contributed by atoms with Crippen LogP contribution in [0, 0.1) is 0 Å². The molecule has 0 unspecified atom stereocenters. The van der Waals surface area contributed by atoms with Gasteiger partial charge >= 0.3 is 6.03 Å². The molecule has 0 saturated carbocycles. The summed E-state index contributed by atoms with van der Waals surface area (Å²) in [5.41, 5.74) is 2.50. The van der Waals surface area contributed by atoms with E-state index in [1.807, 2.05) is 24.3 Å². The van der Waals surface area contributed by atoms with Gasteiger partial charge in [-0.25, -0.2) is 4.79 Å². The van der Waals surface area contributed by atoms with Crippen LogP contribution in [0.5, 0.6) is 0 Å². The Kier molecular flexibility index (Phi) is 4.88. The quantitative estimate of drug-likeness (QED) is 0.804. The number of benzene rings is 2. The molecule has 0 fully saturated rings. The number of anilines is 2. The molecule has 2 amide bonds. The van der Waals surface area contributed by atoms with E-state index in [4.69, 9.17) is 23.2 Å². The van der Waals surface area contributed by atoms with Crippen molar-refractivity contribution in [3.05, 3.63) is 58.1 Å². The first-order valence-corrected chi connectivity index (χ1v) is 6.95. The molecule has 2 aromatic rings. The fourth-order valence-electron chi connectivity index (χ4n) is 1.74. The molecule has 0 spiro atoms. The van der Waals surface area contributed by atoms with Crippen molar-refractivity contribution >= 4 is 40.6 Å². The minimum absolute atomic E-state index is 0.340. The second kappa shape index (κ2) is 6.64. The van der Waals surface area contributed by atoms with E-state index in [0.717, 1.165) is 12.1 Å². The zero-order chi connectivity index (χ0) is 14.5. The third kappa shape index (κ3) is 4.15. The summed E-state index contributed by atoms with van der Waals surface area (Å²) < 4.78 is 0. The molecule has 104 valence electrons. The minimum Gasteiger partial charge on any atom is -0.308 e. The average Bonchev–Trinajstić information content (AvgIpc) is 2.38. The SMILES string of the molecule is CCc1ccc(NC(=O)Nc2cc(Cl)cc(Cl)c2)cc1. The topological polar surface area (TPSA) is 41.1 Å². The van der Waals surface area contributed by atoms with E-state index in [0.29, 0.717) is 15.7 Å². The van der Waals surface area contributed by atoms with Crippen molar-refractivity contribution < 1.29 is 4.79 Å². The van der Waals surface area contributed by atoms with Crippen molar-refractivity contribution in [3.8, 4) is 0 Å². The molecule has 0 aliphatic carbocycles. The molecule has 0 bridgehead atoms. The van der Waals surface area contributed by atoms with Crippen LogP contribution in [0.15, 0.2) is 42.5 Å². The molecule has 0 aliphatic heterocycles. The Morgan fingerprint density at radius 2 is 1.50 bits per heavy atom. The molecule has 20 heavy (non-hydrogen) atoms. The fraction of sp³-hybridized carbons (Fsp3) is 0.133. The Balaban J connectivity index is 2.01. The highest BCUT2D eigenvalue weighted by molar-refractivity contribution is 6.35. The molecule has 5 heteroatoms. The van der Waals surface area contributed by atoms with Gasteiger partial charge in [-0.3, -0.25) is 0 Å². The molecule has 0 saturated heterocycles. The molecule has 2 aromatic carbocycles. The number of hydrogen-bond donors (Lipinski definition) is 2. The largest absolute Gasteiger partial charge is 0.323 e. The van der Waals surface area contributed by atoms with E-state index in [2.05, 4.69) is 17.6 Å². The highest BCUT2D eigenvalue weighted by atomic mass is 35.5. The van der Waals surface area contributed by atoms with E-state index in [-0.39, 0.29) is 6.03 Å². The maximum Gasteiger partial charge on any atom is 0.323 e. The lowest BCUT2D eigenvalue weighted by Crippen LogP contribution is -2.19. The molecule has 0 aliphatic rings. The number of amides is 2. The van der Waals surface area contributed by atoms with Crippen LogP contribution in [0.4, 0.5) is 16.2 Å². The van der Waals surface area contributed by atoms with Crippen LogP contribution in [0.1, 0.15) is 12.5 Å². The third-order valence-electron chi connectivity index (χ3n) is 2.74. The molecule has 3 nitrogen and oxygen atoms in total. The fourth-order valence-corrected chi connectivity index (χ4v) is 2.27. The van der Waals surface area contributed by atoms with E-state index in [1.54, 1.807) is 18.2 Å². The summed E-state index contributed by atoms with van der Waals surface area (Å²) in [5, 5.41) is 6.37. The van der Waals surface area contributed by atoms with Crippen LogP contribution in [0.2, 0.25) is 10.0 Å². The highest BCUT2D eigenvalue weighted by Gasteiger charge is 2.04. The second-order valence-corrected chi connectivity index (χ2v) is 5.16. The summed E-state index contributed by atoms with van der Waals surface area (Å²) in [7, 11) is 0. The van der Waals surface area contributed by atoms with Crippen LogP contribution < -0.4 is 10.6 Å². The molecular formula is C15H14Cl2N2O. The lowest BCUT2D eigenvalue weighted by Gasteiger charge is -2.09. The van der Waals surface area contributed by atoms with Gasteiger partial charge in [0.25, 0.3) is 0 Å². The van der Waals surface area contributed by atoms with Crippen LogP contribution >= 0.6 is 23.2 Å². The summed E-state index contributed by atoms with van der Waals surface area (Å²) in [4.78, 5) is 11.9. The first kappa shape index (κ1) is 14.7. The number of halogens is 2. The predicted octanol–water partition coefficient (Wildman–Crippen LogP) is 5.20. The smallest absolute Gasteiger partial charge is 0.308 e. The van der Waals surface area contributed by atoms with Gasteiger partial charge in [-0.2, -0.15) is 0 Å². The summed E-state index contributed by atoms with van der Waals surface area (Å²) in [5.74, 6) is 0. The normalized spacial score (nSPS) is 10.2. The zero-order valence-electron chi connectivity index (χ0n) is 10.9. The summed E-state index contributed by atoms with van der Waals surface area (Å²) in [6, 6.07) is 12.2. The average molecular weight is 309 g/mol. The Labute approximate surface area is 127 Å². The molecule has 0 atom stereocenters. The molecular weight excluding hydrogens is 295 g/mol. The van der Waals surface area contributed by atoms with Crippen molar-refractivity contribution in [3.63, 3.8) is 0 Å². The second-order valence-electron chi connectivity index (χ2n) is 4.29. The number of aryl methyl sites for hydroxylation is 1. The van der Waals surface area contributed by atoms with Crippen molar-refractivity contribution in [1.29, 1.82) is 0 Å². The Morgan fingerprint density at radius 1 is 0.950 bits per heavy atom. The van der Waals surface area contributed by atoms with Crippen LogP contribution in [0.25, 0.3) is 0 Å². The van der Waals surface area contributed by atoms with Gasteiger partial charge in [0, 0.05) is 21.4 Å². The first-order chi connectivity index (χ1) is 9.56. The molecule has 0 heterocycles. The highest BCUT2D eigenvalue weighted by Crippen LogP contribution is 2.22. The summed E-state index contributed by atoms with van der Waals surface area (Å²) >= 11 is 11.7. The zero-order valence-corrected chi connectivity index (χ0v) is 12.4. The maximum atomic E-state index is 11.9. The van der Waals surface area contributed by atoms with Crippen LogP contribution in [-0.4, -0.2) is 6.03 Å². The number of hydrogen-bond acceptors (Lipinski definition) is 1. The van der Waals surface area contributed by atoms with Crippen LogP contribution in [-0.2, 0) is 6.42 Å². The minimum atomic E-state index is -0.340. The monoisotopic (exact) mass is 308 g/mol. The number of rotatable bonds is 3. The van der Waals surface area contributed by atoms with Gasteiger partial charge in [0.05, 0.1) is 0 Å². The predicted molar refractivity (Wildman–Crippen MR) is 84.9 cm³/mol. The molecule has 2 rings (SSSR count). The maximum absolute atomic E-state index is 11.9. The Hall–Kier alpha value is -1.71. The third-order valence-corrected chi connectivity index (χ3v) is 3.18. The van der Waals surface area contributed by atoms with Gasteiger partial charge in [0.1, 0.15) is 0 Å². The Bertz CT molecular complexity index is 592. The lowest BCUT2D eigenvalue weighted by atomic mass is 10.1. The van der Waals surface area contributed by atoms with E-state index in [1.165, 1.54) is 5.56 Å². The van der Waals surface area contributed by atoms with Gasteiger partial charge in [-0.15, -0.1) is 0 Å². The molecule has 2 N–H and O–H groups in total.